The first kappa shape index (κ1) is 15.3. The summed E-state index contributed by atoms with van der Waals surface area (Å²) in [4.78, 5) is 2.70. The number of hydrogen-bond acceptors (Lipinski definition) is 2. The largest absolute Gasteiger partial charge is 0.329 e. The molecule has 2 N–H and O–H groups in total. The maximum absolute atomic E-state index is 6.21. The van der Waals surface area contributed by atoms with E-state index < -0.39 is 0 Å². The number of nitrogens with two attached hydrogens (primary N) is 1. The summed E-state index contributed by atoms with van der Waals surface area (Å²) in [7, 11) is 2.36. The molecule has 0 bridgehead atoms. The topological polar surface area (TPSA) is 29.3 Å². The van der Waals surface area contributed by atoms with E-state index in [9.17, 15) is 0 Å². The van der Waals surface area contributed by atoms with E-state index >= 15 is 0 Å². The molecule has 0 aromatic rings. The van der Waals surface area contributed by atoms with Crippen LogP contribution in [0.2, 0.25) is 0 Å². The van der Waals surface area contributed by atoms with Gasteiger partial charge in [-0.1, -0.05) is 26.7 Å². The predicted molar refractivity (Wildman–Crippen MR) is 83.2 cm³/mol. The van der Waals surface area contributed by atoms with Gasteiger partial charge in [-0.15, -0.1) is 0 Å². The minimum atomic E-state index is 0.324. The molecule has 2 fully saturated rings. The molecule has 2 rings (SSSR count). The van der Waals surface area contributed by atoms with Crippen molar-refractivity contribution in [1.82, 2.24) is 4.90 Å². The van der Waals surface area contributed by atoms with Crippen LogP contribution in [0.25, 0.3) is 0 Å². The Morgan fingerprint density at radius 1 is 1.00 bits per heavy atom. The Morgan fingerprint density at radius 2 is 1.63 bits per heavy atom. The first-order chi connectivity index (χ1) is 9.15. The van der Waals surface area contributed by atoms with Gasteiger partial charge < -0.3 is 5.73 Å². The van der Waals surface area contributed by atoms with Crippen molar-refractivity contribution >= 4 is 0 Å². The second kappa shape index (κ2) is 6.58. The second-order valence-electron chi connectivity index (χ2n) is 7.14. The average molecular weight is 266 g/mol. The fourth-order valence-electron chi connectivity index (χ4n) is 4.54. The van der Waals surface area contributed by atoms with Gasteiger partial charge in [-0.3, -0.25) is 4.90 Å². The first-order valence-corrected chi connectivity index (χ1v) is 8.58. The highest BCUT2D eigenvalue weighted by Gasteiger charge is 2.43. The minimum absolute atomic E-state index is 0.324. The van der Waals surface area contributed by atoms with E-state index in [-0.39, 0.29) is 0 Å². The van der Waals surface area contributed by atoms with Gasteiger partial charge in [0.15, 0.2) is 0 Å². The quantitative estimate of drug-likeness (QED) is 0.820. The van der Waals surface area contributed by atoms with Crippen LogP contribution in [0.3, 0.4) is 0 Å². The zero-order valence-corrected chi connectivity index (χ0v) is 13.3. The summed E-state index contributed by atoms with van der Waals surface area (Å²) in [6, 6.07) is 0.793. The van der Waals surface area contributed by atoms with Crippen LogP contribution in [0, 0.1) is 11.8 Å². The van der Waals surface area contributed by atoms with E-state index in [0.29, 0.717) is 5.54 Å². The Hall–Kier alpha value is -0.0800. The van der Waals surface area contributed by atoms with E-state index in [1.807, 2.05) is 0 Å². The van der Waals surface area contributed by atoms with Gasteiger partial charge >= 0.3 is 0 Å². The van der Waals surface area contributed by atoms with Gasteiger partial charge in [0.2, 0.25) is 0 Å². The third-order valence-electron chi connectivity index (χ3n) is 6.33. The molecule has 0 amide bonds. The predicted octanol–water partition coefficient (Wildman–Crippen LogP) is 3.79. The maximum Gasteiger partial charge on any atom is 0.0334 e. The zero-order valence-electron chi connectivity index (χ0n) is 13.3. The van der Waals surface area contributed by atoms with E-state index in [1.165, 1.54) is 57.8 Å². The summed E-state index contributed by atoms with van der Waals surface area (Å²) in [5.41, 5.74) is 6.53. The number of nitrogens with zero attached hydrogens (tertiary/aromatic N) is 1. The minimum Gasteiger partial charge on any atom is -0.329 e. The van der Waals surface area contributed by atoms with E-state index in [2.05, 4.69) is 25.8 Å². The van der Waals surface area contributed by atoms with Gasteiger partial charge in [-0.05, 0) is 63.8 Å². The molecule has 2 atom stereocenters. The Balaban J connectivity index is 1.96. The fraction of sp³-hybridized carbons (Fsp3) is 1.00. The zero-order chi connectivity index (χ0) is 13.9. The van der Waals surface area contributed by atoms with E-state index in [0.717, 1.165) is 24.4 Å². The average Bonchev–Trinajstić information content (AvgIpc) is 2.91. The Kier molecular flexibility index (Phi) is 5.30. The second-order valence-corrected chi connectivity index (χ2v) is 7.14. The molecule has 0 spiro atoms. The lowest BCUT2D eigenvalue weighted by atomic mass is 9.81. The van der Waals surface area contributed by atoms with Crippen molar-refractivity contribution in [2.24, 2.45) is 17.6 Å². The standard InChI is InChI=1S/C17H34N2/c1-4-14-6-8-16(9-7-14)19(3)17(13-18)11-10-15(5-2)12-17/h14-16H,4-13,18H2,1-3H3. The highest BCUT2D eigenvalue weighted by atomic mass is 15.2. The van der Waals surface area contributed by atoms with Crippen LogP contribution in [0.15, 0.2) is 0 Å². The molecule has 2 aliphatic carbocycles. The molecule has 2 heteroatoms. The third-order valence-corrected chi connectivity index (χ3v) is 6.33. The summed E-state index contributed by atoms with van der Waals surface area (Å²) >= 11 is 0. The summed E-state index contributed by atoms with van der Waals surface area (Å²) in [6.45, 7) is 5.54. The van der Waals surface area contributed by atoms with Crippen molar-refractivity contribution in [3.05, 3.63) is 0 Å². The van der Waals surface area contributed by atoms with Crippen LogP contribution < -0.4 is 5.73 Å². The van der Waals surface area contributed by atoms with Crippen molar-refractivity contribution < 1.29 is 0 Å². The molecule has 0 saturated heterocycles. The molecule has 0 heterocycles. The van der Waals surface area contributed by atoms with Crippen LogP contribution >= 0.6 is 0 Å². The van der Waals surface area contributed by atoms with Gasteiger partial charge in [-0.2, -0.15) is 0 Å². The Labute approximate surface area is 120 Å². The van der Waals surface area contributed by atoms with Crippen LogP contribution in [-0.4, -0.2) is 30.1 Å². The van der Waals surface area contributed by atoms with Crippen molar-refractivity contribution in [1.29, 1.82) is 0 Å². The molecule has 0 aromatic carbocycles. The lowest BCUT2D eigenvalue weighted by Crippen LogP contribution is -2.55. The van der Waals surface area contributed by atoms with Crippen molar-refractivity contribution in [2.75, 3.05) is 13.6 Å². The molecule has 2 aliphatic rings. The monoisotopic (exact) mass is 266 g/mol. The highest BCUT2D eigenvalue weighted by Crippen LogP contribution is 2.42. The Morgan fingerprint density at radius 3 is 2.11 bits per heavy atom. The molecule has 112 valence electrons. The van der Waals surface area contributed by atoms with Crippen molar-refractivity contribution in [2.45, 2.75) is 83.2 Å². The van der Waals surface area contributed by atoms with Crippen molar-refractivity contribution in [3.8, 4) is 0 Å². The lowest BCUT2D eigenvalue weighted by molar-refractivity contribution is 0.0495. The SMILES string of the molecule is CCC1CCC(N(C)C2(CN)CCC(CC)C2)CC1. The van der Waals surface area contributed by atoms with Crippen molar-refractivity contribution in [3.63, 3.8) is 0 Å². The molecule has 0 radical (unpaired) electrons. The summed E-state index contributed by atoms with van der Waals surface area (Å²) < 4.78 is 0. The van der Waals surface area contributed by atoms with Crippen LogP contribution in [0.5, 0.6) is 0 Å². The molecular formula is C17H34N2. The fourth-order valence-corrected chi connectivity index (χ4v) is 4.54. The molecule has 2 saturated carbocycles. The highest BCUT2D eigenvalue weighted by molar-refractivity contribution is 5.00. The maximum atomic E-state index is 6.21. The molecular weight excluding hydrogens is 232 g/mol. The summed E-state index contributed by atoms with van der Waals surface area (Å²) in [5, 5.41) is 0. The number of rotatable bonds is 5. The normalized spacial score (nSPS) is 39.9. The third kappa shape index (κ3) is 3.16. The number of likely N-dealkylation sites (N-methyl/N-ethyl adjacent to an activating group) is 1. The van der Waals surface area contributed by atoms with Crippen LogP contribution in [0.4, 0.5) is 0 Å². The molecule has 2 unspecified atom stereocenters. The Bertz CT molecular complexity index is 270. The molecule has 19 heavy (non-hydrogen) atoms. The van der Waals surface area contributed by atoms with Gasteiger partial charge in [0.25, 0.3) is 0 Å². The van der Waals surface area contributed by atoms with Gasteiger partial charge in [0, 0.05) is 18.1 Å². The molecule has 0 aromatic heterocycles. The van der Waals surface area contributed by atoms with Gasteiger partial charge in [-0.25, -0.2) is 0 Å². The first-order valence-electron chi connectivity index (χ1n) is 8.58. The molecule has 0 aliphatic heterocycles. The lowest BCUT2D eigenvalue weighted by Gasteiger charge is -2.45. The van der Waals surface area contributed by atoms with E-state index in [1.54, 1.807) is 0 Å². The summed E-state index contributed by atoms with van der Waals surface area (Å²) in [6.07, 6.45) is 12.4. The van der Waals surface area contributed by atoms with E-state index in [4.69, 9.17) is 5.73 Å². The van der Waals surface area contributed by atoms with Gasteiger partial charge in [0.1, 0.15) is 0 Å². The smallest absolute Gasteiger partial charge is 0.0334 e. The van der Waals surface area contributed by atoms with Crippen LogP contribution in [0.1, 0.15) is 71.6 Å². The van der Waals surface area contributed by atoms with Crippen LogP contribution in [-0.2, 0) is 0 Å². The summed E-state index contributed by atoms with van der Waals surface area (Å²) in [5.74, 6) is 1.91. The number of hydrogen-bond donors (Lipinski definition) is 1. The van der Waals surface area contributed by atoms with Gasteiger partial charge in [0.05, 0.1) is 0 Å². The molecule has 2 nitrogen and oxygen atoms in total.